The fourth-order valence-corrected chi connectivity index (χ4v) is 3.07. The molecule has 78 valence electrons. The molecule has 0 fully saturated rings. The van der Waals surface area contributed by atoms with Gasteiger partial charge in [0.25, 0.3) is 0 Å². The first-order valence-electron chi connectivity index (χ1n) is 5.07. The molecule has 3 aromatic rings. The van der Waals surface area contributed by atoms with E-state index in [1.165, 1.54) is 20.5 Å². The molecule has 3 rings (SSSR count). The van der Waals surface area contributed by atoms with Crippen LogP contribution in [0.5, 0.6) is 0 Å². The summed E-state index contributed by atoms with van der Waals surface area (Å²) in [4.78, 5) is 1.33. The normalized spacial score (nSPS) is 10.8. The van der Waals surface area contributed by atoms with Gasteiger partial charge in [-0.2, -0.15) is 0 Å². The van der Waals surface area contributed by atoms with Gasteiger partial charge in [0.05, 0.1) is 0 Å². The first-order chi connectivity index (χ1) is 7.83. The van der Waals surface area contributed by atoms with Gasteiger partial charge in [-0.3, -0.25) is 0 Å². The molecule has 0 aliphatic carbocycles. The van der Waals surface area contributed by atoms with Crippen LogP contribution in [0.3, 0.4) is 0 Å². The summed E-state index contributed by atoms with van der Waals surface area (Å²) < 4.78 is 2.47. The molecule has 0 aliphatic rings. The van der Waals surface area contributed by atoms with Gasteiger partial charge in [-0.1, -0.05) is 46.3 Å². The Bertz CT molecular complexity index is 590. The van der Waals surface area contributed by atoms with Crippen molar-refractivity contribution in [2.45, 2.75) is 0 Å². The Labute approximate surface area is 107 Å². The van der Waals surface area contributed by atoms with Gasteiger partial charge in [0.2, 0.25) is 0 Å². The van der Waals surface area contributed by atoms with Crippen LogP contribution >= 0.6 is 27.3 Å². The lowest BCUT2D eigenvalue weighted by Crippen LogP contribution is -1.70. The summed E-state index contributed by atoms with van der Waals surface area (Å²) >= 11 is 5.30. The maximum absolute atomic E-state index is 3.46. The van der Waals surface area contributed by atoms with E-state index in [-0.39, 0.29) is 0 Å². The summed E-state index contributed by atoms with van der Waals surface area (Å²) in [6, 6.07) is 19.2. The second-order valence-electron chi connectivity index (χ2n) is 3.66. The maximum Gasteiger partial charge on any atom is 0.0355 e. The van der Waals surface area contributed by atoms with E-state index in [1.54, 1.807) is 0 Å². The van der Waals surface area contributed by atoms with E-state index in [9.17, 15) is 0 Å². The van der Waals surface area contributed by atoms with Gasteiger partial charge < -0.3 is 0 Å². The van der Waals surface area contributed by atoms with Gasteiger partial charge in [0.1, 0.15) is 0 Å². The minimum atomic E-state index is 1.12. The monoisotopic (exact) mass is 288 g/mol. The van der Waals surface area contributed by atoms with Crippen LogP contribution in [0.2, 0.25) is 0 Å². The summed E-state index contributed by atoms with van der Waals surface area (Å²) in [5, 5.41) is 1.32. The van der Waals surface area contributed by atoms with Crippen molar-refractivity contribution < 1.29 is 0 Å². The number of thiophene rings is 1. The van der Waals surface area contributed by atoms with Crippen molar-refractivity contribution in [2.75, 3.05) is 0 Å². The summed E-state index contributed by atoms with van der Waals surface area (Å²) in [6.07, 6.45) is 0. The molecule has 2 heteroatoms. The highest BCUT2D eigenvalue weighted by molar-refractivity contribution is 9.10. The number of halogens is 1. The Balaban J connectivity index is 2.15. The number of benzene rings is 2. The van der Waals surface area contributed by atoms with Crippen LogP contribution in [0.15, 0.2) is 59.1 Å². The van der Waals surface area contributed by atoms with Crippen molar-refractivity contribution in [3.63, 3.8) is 0 Å². The van der Waals surface area contributed by atoms with Crippen molar-refractivity contribution in [3.8, 4) is 10.4 Å². The van der Waals surface area contributed by atoms with E-state index >= 15 is 0 Å². The Morgan fingerprint density at radius 2 is 1.62 bits per heavy atom. The zero-order chi connectivity index (χ0) is 11.0. The summed E-state index contributed by atoms with van der Waals surface area (Å²) in [7, 11) is 0. The fraction of sp³-hybridized carbons (Fsp3) is 0. The van der Waals surface area contributed by atoms with E-state index in [0.29, 0.717) is 0 Å². The summed E-state index contributed by atoms with van der Waals surface area (Å²) in [5.74, 6) is 0. The first-order valence-corrected chi connectivity index (χ1v) is 6.68. The van der Waals surface area contributed by atoms with Crippen LogP contribution in [0.4, 0.5) is 0 Å². The molecule has 0 aliphatic heterocycles. The van der Waals surface area contributed by atoms with Crippen molar-refractivity contribution >= 4 is 37.4 Å². The minimum Gasteiger partial charge on any atom is -0.135 e. The maximum atomic E-state index is 3.46. The SMILES string of the molecule is Brc1ccc(-c2cc3ccccc3s2)cc1. The highest BCUT2D eigenvalue weighted by Crippen LogP contribution is 2.33. The molecule has 16 heavy (non-hydrogen) atoms. The van der Waals surface area contributed by atoms with Gasteiger partial charge in [-0.15, -0.1) is 11.3 Å². The molecule has 0 unspecified atom stereocenters. The molecular weight excluding hydrogens is 280 g/mol. The van der Waals surface area contributed by atoms with Crippen molar-refractivity contribution in [1.82, 2.24) is 0 Å². The van der Waals surface area contributed by atoms with Gasteiger partial charge >= 0.3 is 0 Å². The lowest BCUT2D eigenvalue weighted by atomic mass is 10.1. The average Bonchev–Trinajstić information content (AvgIpc) is 2.73. The standard InChI is InChI=1S/C14H9BrS/c15-12-7-5-10(6-8-12)14-9-11-3-1-2-4-13(11)16-14/h1-9H. The van der Waals surface area contributed by atoms with Crippen LogP contribution in [-0.2, 0) is 0 Å². The predicted molar refractivity (Wildman–Crippen MR) is 75.0 cm³/mol. The molecule has 0 bridgehead atoms. The minimum absolute atomic E-state index is 1.12. The average molecular weight is 289 g/mol. The third kappa shape index (κ3) is 1.79. The van der Waals surface area contributed by atoms with Crippen molar-refractivity contribution in [3.05, 3.63) is 59.1 Å². The van der Waals surface area contributed by atoms with Crippen LogP contribution in [0.1, 0.15) is 0 Å². The van der Waals surface area contributed by atoms with Gasteiger partial charge in [0.15, 0.2) is 0 Å². The molecule has 1 heterocycles. The zero-order valence-electron chi connectivity index (χ0n) is 8.48. The number of fused-ring (bicyclic) bond motifs is 1. The molecule has 0 spiro atoms. The van der Waals surface area contributed by atoms with E-state index in [1.807, 2.05) is 11.3 Å². The smallest absolute Gasteiger partial charge is 0.0355 e. The second-order valence-corrected chi connectivity index (χ2v) is 5.65. The van der Waals surface area contributed by atoms with Crippen LogP contribution in [0, 0.1) is 0 Å². The zero-order valence-corrected chi connectivity index (χ0v) is 10.9. The second kappa shape index (κ2) is 4.04. The highest BCUT2D eigenvalue weighted by atomic mass is 79.9. The van der Waals surface area contributed by atoms with E-state index in [0.717, 1.165) is 4.47 Å². The first kappa shape index (κ1) is 10.1. The number of hydrogen-bond acceptors (Lipinski definition) is 1. The Morgan fingerprint density at radius 3 is 2.38 bits per heavy atom. The summed E-state index contributed by atoms with van der Waals surface area (Å²) in [6.45, 7) is 0. The third-order valence-electron chi connectivity index (χ3n) is 2.55. The van der Waals surface area contributed by atoms with Crippen LogP contribution < -0.4 is 0 Å². The van der Waals surface area contributed by atoms with Crippen molar-refractivity contribution in [1.29, 1.82) is 0 Å². The van der Waals surface area contributed by atoms with Crippen molar-refractivity contribution in [2.24, 2.45) is 0 Å². The molecule has 0 N–H and O–H groups in total. The molecule has 0 nitrogen and oxygen atoms in total. The largest absolute Gasteiger partial charge is 0.135 e. The topological polar surface area (TPSA) is 0 Å². The molecule has 0 atom stereocenters. The Morgan fingerprint density at radius 1 is 0.875 bits per heavy atom. The van der Waals surface area contributed by atoms with E-state index in [2.05, 4.69) is 70.5 Å². The number of rotatable bonds is 1. The molecule has 2 aromatic carbocycles. The molecule has 1 aromatic heterocycles. The fourth-order valence-electron chi connectivity index (χ4n) is 1.74. The van der Waals surface area contributed by atoms with Crippen LogP contribution in [0.25, 0.3) is 20.5 Å². The van der Waals surface area contributed by atoms with Crippen LogP contribution in [-0.4, -0.2) is 0 Å². The molecular formula is C14H9BrS. The van der Waals surface area contributed by atoms with E-state index < -0.39 is 0 Å². The Kier molecular flexibility index (Phi) is 2.54. The lowest BCUT2D eigenvalue weighted by molar-refractivity contribution is 1.65. The highest BCUT2D eigenvalue weighted by Gasteiger charge is 2.03. The lowest BCUT2D eigenvalue weighted by Gasteiger charge is -1.96. The molecule has 0 amide bonds. The van der Waals surface area contributed by atoms with Gasteiger partial charge in [-0.05, 0) is 35.2 Å². The third-order valence-corrected chi connectivity index (χ3v) is 4.25. The quantitative estimate of drug-likeness (QED) is 0.568. The molecule has 0 saturated heterocycles. The molecule has 0 radical (unpaired) electrons. The summed E-state index contributed by atoms with van der Waals surface area (Å²) in [5.41, 5.74) is 1.28. The Hall–Kier alpha value is -1.12. The van der Waals surface area contributed by atoms with E-state index in [4.69, 9.17) is 0 Å². The van der Waals surface area contributed by atoms with Gasteiger partial charge in [0, 0.05) is 14.0 Å². The van der Waals surface area contributed by atoms with Gasteiger partial charge in [-0.25, -0.2) is 0 Å². The molecule has 0 saturated carbocycles. The predicted octanol–water partition coefficient (Wildman–Crippen LogP) is 5.33. The number of hydrogen-bond donors (Lipinski definition) is 0.